The zero-order chi connectivity index (χ0) is 19.6. The van der Waals surface area contributed by atoms with Crippen LogP contribution in [0.15, 0.2) is 37.9 Å². The predicted octanol–water partition coefficient (Wildman–Crippen LogP) is 4.50. The average molecular weight is 370 g/mol. The lowest BCUT2D eigenvalue weighted by molar-refractivity contribution is 0.0491. The minimum absolute atomic E-state index is 0.0432. The van der Waals surface area contributed by atoms with Crippen molar-refractivity contribution in [3.63, 3.8) is 0 Å². The first-order valence-electron chi connectivity index (χ1n) is 8.91. The third kappa shape index (κ3) is 3.47. The van der Waals surface area contributed by atoms with E-state index in [0.717, 1.165) is 18.4 Å². The van der Waals surface area contributed by atoms with E-state index in [1.807, 2.05) is 6.07 Å². The van der Waals surface area contributed by atoms with Crippen LogP contribution in [-0.4, -0.2) is 19.7 Å². The molecule has 0 saturated carbocycles. The van der Waals surface area contributed by atoms with E-state index in [9.17, 15) is 9.59 Å². The first-order valence-corrected chi connectivity index (χ1v) is 8.91. The molecule has 6 nitrogen and oxygen atoms in total. The molecule has 0 aliphatic rings. The van der Waals surface area contributed by atoms with Gasteiger partial charge in [-0.15, -0.1) is 0 Å². The number of hydrogen-bond donors (Lipinski definition) is 0. The van der Waals surface area contributed by atoms with Crippen LogP contribution in [-0.2, 0) is 11.2 Å². The highest BCUT2D eigenvalue weighted by Crippen LogP contribution is 2.30. The Morgan fingerprint density at radius 3 is 2.59 bits per heavy atom. The van der Waals surface area contributed by atoms with Crippen LogP contribution in [0, 0.1) is 6.92 Å². The Balaban J connectivity index is 2.16. The number of benzene rings is 1. The van der Waals surface area contributed by atoms with Crippen LogP contribution < -0.4 is 10.2 Å². The summed E-state index contributed by atoms with van der Waals surface area (Å²) in [6.07, 6.45) is 1.77. The number of ether oxygens (including phenoxy) is 2. The van der Waals surface area contributed by atoms with Crippen molar-refractivity contribution in [2.45, 2.75) is 33.6 Å². The van der Waals surface area contributed by atoms with Crippen LogP contribution in [0.1, 0.15) is 42.1 Å². The summed E-state index contributed by atoms with van der Waals surface area (Å²) in [5, 5.41) is 0.404. The standard InChI is InChI=1S/C21H22O6/c1-5-7-13-10-18-14(11-17(13)24-4)20(22)19(12(3)26-18)15-8-9-16(27-15)21(23)25-6-2/h8-11H,5-7H2,1-4H3. The SMILES string of the molecule is CCCc1cc2oc(C)c(-c3ccc(C(=O)OCC)o3)c(=O)c2cc1OC. The van der Waals surface area contributed by atoms with Crippen LogP contribution in [0.3, 0.4) is 0 Å². The van der Waals surface area contributed by atoms with Gasteiger partial charge in [0.25, 0.3) is 0 Å². The third-order valence-electron chi connectivity index (χ3n) is 4.32. The number of rotatable bonds is 6. The Morgan fingerprint density at radius 2 is 1.93 bits per heavy atom. The topological polar surface area (TPSA) is 78.9 Å². The molecule has 0 spiro atoms. The molecule has 142 valence electrons. The molecule has 3 aromatic rings. The van der Waals surface area contributed by atoms with Gasteiger partial charge in [0.1, 0.15) is 28.4 Å². The fraction of sp³-hybridized carbons (Fsp3) is 0.333. The van der Waals surface area contributed by atoms with Crippen LogP contribution in [0.2, 0.25) is 0 Å². The van der Waals surface area contributed by atoms with Crippen molar-refractivity contribution < 1.29 is 23.1 Å². The van der Waals surface area contributed by atoms with E-state index < -0.39 is 5.97 Å². The molecular weight excluding hydrogens is 348 g/mol. The number of esters is 1. The fourth-order valence-electron chi connectivity index (χ4n) is 3.10. The molecule has 3 rings (SSSR count). The zero-order valence-corrected chi connectivity index (χ0v) is 15.9. The molecule has 0 radical (unpaired) electrons. The molecule has 0 unspecified atom stereocenters. The first-order chi connectivity index (χ1) is 13.0. The van der Waals surface area contributed by atoms with Gasteiger partial charge in [-0.1, -0.05) is 13.3 Å². The van der Waals surface area contributed by atoms with E-state index in [1.165, 1.54) is 6.07 Å². The van der Waals surface area contributed by atoms with Crippen molar-refractivity contribution in [2.24, 2.45) is 0 Å². The molecule has 0 saturated heterocycles. The molecule has 27 heavy (non-hydrogen) atoms. The molecule has 0 aliphatic heterocycles. The number of methoxy groups -OCH3 is 1. The highest BCUT2D eigenvalue weighted by atomic mass is 16.5. The molecule has 2 heterocycles. The van der Waals surface area contributed by atoms with Crippen molar-refractivity contribution in [1.29, 1.82) is 0 Å². The second-order valence-corrected chi connectivity index (χ2v) is 6.16. The number of fused-ring (bicyclic) bond motifs is 1. The van der Waals surface area contributed by atoms with E-state index >= 15 is 0 Å². The Bertz CT molecular complexity index is 1040. The fourth-order valence-corrected chi connectivity index (χ4v) is 3.10. The maximum Gasteiger partial charge on any atom is 0.374 e. The van der Waals surface area contributed by atoms with Gasteiger partial charge in [-0.3, -0.25) is 4.79 Å². The second kappa shape index (κ2) is 7.70. The summed E-state index contributed by atoms with van der Waals surface area (Å²) in [6.45, 7) is 5.73. The molecule has 2 aromatic heterocycles. The minimum Gasteiger partial charge on any atom is -0.496 e. The van der Waals surface area contributed by atoms with Crippen LogP contribution in [0.25, 0.3) is 22.3 Å². The number of carbonyl (C=O) groups excluding carboxylic acids is 1. The predicted molar refractivity (Wildman–Crippen MR) is 101 cm³/mol. The summed E-state index contributed by atoms with van der Waals surface area (Å²) in [6, 6.07) is 6.60. The summed E-state index contributed by atoms with van der Waals surface area (Å²) in [4.78, 5) is 24.9. The smallest absolute Gasteiger partial charge is 0.374 e. The molecule has 6 heteroatoms. The van der Waals surface area contributed by atoms with Crippen molar-refractivity contribution in [2.75, 3.05) is 13.7 Å². The molecule has 0 aliphatic carbocycles. The van der Waals surface area contributed by atoms with Crippen LogP contribution >= 0.6 is 0 Å². The normalized spacial score (nSPS) is 11.0. The van der Waals surface area contributed by atoms with E-state index in [0.29, 0.717) is 22.5 Å². The maximum absolute atomic E-state index is 13.1. The van der Waals surface area contributed by atoms with Crippen LogP contribution in [0.4, 0.5) is 0 Å². The van der Waals surface area contributed by atoms with Gasteiger partial charge in [0, 0.05) is 0 Å². The van der Waals surface area contributed by atoms with E-state index in [-0.39, 0.29) is 29.1 Å². The lowest BCUT2D eigenvalue weighted by Gasteiger charge is -2.11. The van der Waals surface area contributed by atoms with E-state index in [4.69, 9.17) is 18.3 Å². The van der Waals surface area contributed by atoms with Gasteiger partial charge in [0.05, 0.1) is 19.1 Å². The van der Waals surface area contributed by atoms with Crippen molar-refractivity contribution >= 4 is 16.9 Å². The quantitative estimate of drug-likeness (QED) is 0.595. The van der Waals surface area contributed by atoms with Crippen LogP contribution in [0.5, 0.6) is 5.75 Å². The molecule has 0 amide bonds. The molecule has 1 aromatic carbocycles. The van der Waals surface area contributed by atoms with Gasteiger partial charge >= 0.3 is 5.97 Å². The molecule has 0 bridgehead atoms. The van der Waals surface area contributed by atoms with Gasteiger partial charge in [0.2, 0.25) is 11.2 Å². The van der Waals surface area contributed by atoms with Gasteiger partial charge in [-0.25, -0.2) is 4.79 Å². The van der Waals surface area contributed by atoms with Crippen molar-refractivity contribution in [3.05, 3.63) is 51.6 Å². The summed E-state index contributed by atoms with van der Waals surface area (Å²) in [7, 11) is 1.58. The number of carbonyl (C=O) groups is 1. The Morgan fingerprint density at radius 1 is 1.15 bits per heavy atom. The Labute approximate surface area is 156 Å². The minimum atomic E-state index is -0.572. The highest BCUT2D eigenvalue weighted by molar-refractivity contribution is 5.88. The average Bonchev–Trinajstić information content (AvgIpc) is 3.11. The number of aryl methyl sites for hydroxylation is 2. The largest absolute Gasteiger partial charge is 0.496 e. The molecule has 0 fully saturated rings. The highest BCUT2D eigenvalue weighted by Gasteiger charge is 2.20. The number of furan rings is 1. The van der Waals surface area contributed by atoms with Gasteiger partial charge < -0.3 is 18.3 Å². The Kier molecular flexibility index (Phi) is 5.35. The van der Waals surface area contributed by atoms with Gasteiger partial charge in [-0.05, 0) is 50.1 Å². The summed E-state index contributed by atoms with van der Waals surface area (Å²) < 4.78 is 21.8. The first kappa shape index (κ1) is 18.8. The lowest BCUT2D eigenvalue weighted by Crippen LogP contribution is -2.08. The van der Waals surface area contributed by atoms with E-state index in [2.05, 4.69) is 6.92 Å². The molecule has 0 N–H and O–H groups in total. The van der Waals surface area contributed by atoms with E-state index in [1.54, 1.807) is 33.1 Å². The monoisotopic (exact) mass is 370 g/mol. The third-order valence-corrected chi connectivity index (χ3v) is 4.32. The molecular formula is C21H22O6. The number of hydrogen-bond acceptors (Lipinski definition) is 6. The van der Waals surface area contributed by atoms with Crippen molar-refractivity contribution in [3.8, 4) is 17.1 Å². The summed E-state index contributed by atoms with van der Waals surface area (Å²) >= 11 is 0. The zero-order valence-electron chi connectivity index (χ0n) is 15.9. The van der Waals surface area contributed by atoms with Gasteiger partial charge in [0.15, 0.2) is 0 Å². The molecule has 0 atom stereocenters. The summed E-state index contributed by atoms with van der Waals surface area (Å²) in [5.41, 5.74) is 1.54. The summed E-state index contributed by atoms with van der Waals surface area (Å²) in [5.74, 6) is 0.810. The van der Waals surface area contributed by atoms with Gasteiger partial charge in [-0.2, -0.15) is 0 Å². The lowest BCUT2D eigenvalue weighted by atomic mass is 10.0. The second-order valence-electron chi connectivity index (χ2n) is 6.16. The van der Waals surface area contributed by atoms with Crippen molar-refractivity contribution in [1.82, 2.24) is 0 Å². The Hall–Kier alpha value is -3.02. The maximum atomic E-state index is 13.1.